The summed E-state index contributed by atoms with van der Waals surface area (Å²) in [5, 5.41) is 5.13. The molecule has 0 spiro atoms. The molecule has 0 saturated carbocycles. The van der Waals surface area contributed by atoms with Gasteiger partial charge in [0.25, 0.3) is 0 Å². The highest BCUT2D eigenvalue weighted by Crippen LogP contribution is 2.45. The van der Waals surface area contributed by atoms with Gasteiger partial charge in [0.05, 0.1) is 16.7 Å². The standard InChI is InChI=1S/C49H34N4S/c1-3-15-31(16-4-1)47-50-48(32-17-5-2-6-18-32)52-49(51-47)39-25-14-23-35-34(22-13-24-36(35)39)33-29-43(46-40-21-9-12-28-44(40)54-45(46)30-33)53-41-26-10-7-19-37(41)38-20-8-11-27-42(38)53/h1,3-5,7-12,14-23,25-30H,2,6,13,24H2. The summed E-state index contributed by atoms with van der Waals surface area (Å²) in [6.07, 6.45) is 12.9. The van der Waals surface area contributed by atoms with Gasteiger partial charge in [-0.1, -0.05) is 127 Å². The van der Waals surface area contributed by atoms with Crippen molar-refractivity contribution in [3.8, 4) is 28.5 Å². The van der Waals surface area contributed by atoms with Crippen LogP contribution in [0.5, 0.6) is 0 Å². The SMILES string of the molecule is C1=CC(c2nc(-c3ccccc3)nc(-c3cccc4c3CCC=C4c3cc(-n4c5ccccc5c5ccccc54)c4c(c3)sc3ccccc34)n2)=CCC1. The van der Waals surface area contributed by atoms with Crippen molar-refractivity contribution in [2.75, 3.05) is 0 Å². The molecule has 0 N–H and O–H groups in total. The van der Waals surface area contributed by atoms with E-state index in [9.17, 15) is 0 Å². The van der Waals surface area contributed by atoms with E-state index in [1.54, 1.807) is 0 Å². The average Bonchev–Trinajstić information content (AvgIpc) is 3.79. The van der Waals surface area contributed by atoms with Crippen molar-refractivity contribution in [3.63, 3.8) is 0 Å². The lowest BCUT2D eigenvalue weighted by Crippen LogP contribution is -2.08. The van der Waals surface area contributed by atoms with Crippen molar-refractivity contribution in [3.05, 3.63) is 180 Å². The molecule has 54 heavy (non-hydrogen) atoms. The Morgan fingerprint density at radius 1 is 0.519 bits per heavy atom. The Hall–Kier alpha value is -6.43. The normalized spacial score (nSPS) is 14.1. The lowest BCUT2D eigenvalue weighted by molar-refractivity contribution is 0.964. The average molecular weight is 711 g/mol. The maximum Gasteiger partial charge on any atom is 0.164 e. The fourth-order valence-corrected chi connectivity index (χ4v) is 9.70. The summed E-state index contributed by atoms with van der Waals surface area (Å²) in [6, 6.07) is 48.2. The quantitative estimate of drug-likeness (QED) is 0.179. The number of aromatic nitrogens is 4. The first-order chi connectivity index (χ1) is 26.8. The second kappa shape index (κ2) is 12.6. The van der Waals surface area contributed by atoms with Gasteiger partial charge in [-0.15, -0.1) is 11.3 Å². The molecule has 3 aromatic heterocycles. The second-order valence-electron chi connectivity index (χ2n) is 14.1. The van der Waals surface area contributed by atoms with Gasteiger partial charge in [-0.05, 0) is 78.3 Å². The monoisotopic (exact) mass is 710 g/mol. The first-order valence-corrected chi connectivity index (χ1v) is 19.6. The fraction of sp³-hybridized carbons (Fsp3) is 0.0816. The number of nitrogens with zero attached hydrogens (tertiary/aromatic N) is 4. The van der Waals surface area contributed by atoms with Crippen molar-refractivity contribution in [2.24, 2.45) is 0 Å². The highest BCUT2D eigenvalue weighted by molar-refractivity contribution is 7.25. The molecule has 9 aromatic rings. The van der Waals surface area contributed by atoms with Crippen molar-refractivity contribution < 1.29 is 0 Å². The van der Waals surface area contributed by atoms with Crippen LogP contribution in [0.2, 0.25) is 0 Å². The van der Waals surface area contributed by atoms with Gasteiger partial charge in [0.2, 0.25) is 0 Å². The molecule has 0 amide bonds. The van der Waals surface area contributed by atoms with Gasteiger partial charge < -0.3 is 4.57 Å². The molecule has 0 fully saturated rings. The maximum absolute atomic E-state index is 5.17. The van der Waals surface area contributed by atoms with Crippen LogP contribution in [0.25, 0.3) is 81.6 Å². The predicted octanol–water partition coefficient (Wildman–Crippen LogP) is 12.8. The Morgan fingerprint density at radius 2 is 1.22 bits per heavy atom. The highest BCUT2D eigenvalue weighted by Gasteiger charge is 2.24. The maximum atomic E-state index is 5.17. The summed E-state index contributed by atoms with van der Waals surface area (Å²) in [7, 11) is 0. The van der Waals surface area contributed by atoms with Crippen LogP contribution in [0, 0.1) is 0 Å². The van der Waals surface area contributed by atoms with Crippen LogP contribution >= 0.6 is 11.3 Å². The van der Waals surface area contributed by atoms with Crippen LogP contribution in [0.4, 0.5) is 0 Å². The zero-order chi connectivity index (χ0) is 35.6. The minimum atomic E-state index is 0.700. The third kappa shape index (κ3) is 5.00. The van der Waals surface area contributed by atoms with Gasteiger partial charge in [-0.25, -0.2) is 15.0 Å². The molecular weight excluding hydrogens is 677 g/mol. The number of hydrogen-bond donors (Lipinski definition) is 0. The van der Waals surface area contributed by atoms with E-state index in [-0.39, 0.29) is 0 Å². The number of rotatable bonds is 5. The minimum absolute atomic E-state index is 0.700. The van der Waals surface area contributed by atoms with E-state index in [0.717, 1.165) is 54.0 Å². The molecule has 3 heterocycles. The zero-order valence-corrected chi connectivity index (χ0v) is 30.4. The molecule has 0 saturated heterocycles. The first kappa shape index (κ1) is 31.1. The van der Waals surface area contributed by atoms with Gasteiger partial charge in [0.15, 0.2) is 17.5 Å². The summed E-state index contributed by atoms with van der Waals surface area (Å²) < 4.78 is 5.08. The van der Waals surface area contributed by atoms with E-state index in [2.05, 4.69) is 144 Å². The van der Waals surface area contributed by atoms with Crippen LogP contribution in [0.3, 0.4) is 0 Å². The summed E-state index contributed by atoms with van der Waals surface area (Å²) in [5.41, 5.74) is 11.8. The minimum Gasteiger partial charge on any atom is -0.309 e. The molecule has 0 radical (unpaired) electrons. The number of allylic oxidation sites excluding steroid dienone is 5. The molecule has 2 aliphatic rings. The van der Waals surface area contributed by atoms with E-state index in [1.165, 1.54) is 69.9 Å². The fourth-order valence-electron chi connectivity index (χ4n) is 8.53. The topological polar surface area (TPSA) is 43.6 Å². The van der Waals surface area contributed by atoms with Crippen molar-refractivity contribution in [2.45, 2.75) is 25.7 Å². The third-order valence-electron chi connectivity index (χ3n) is 11.0. The molecule has 4 nitrogen and oxygen atoms in total. The lowest BCUT2D eigenvalue weighted by atomic mass is 9.84. The molecule has 256 valence electrons. The molecular formula is C49H34N4S. The first-order valence-electron chi connectivity index (χ1n) is 18.7. The largest absolute Gasteiger partial charge is 0.309 e. The molecule has 0 bridgehead atoms. The molecule has 0 atom stereocenters. The van der Waals surface area contributed by atoms with E-state index in [4.69, 9.17) is 15.0 Å². The second-order valence-corrected chi connectivity index (χ2v) is 15.2. The van der Waals surface area contributed by atoms with E-state index in [0.29, 0.717) is 5.82 Å². The number of benzene rings is 6. The molecule has 6 aromatic carbocycles. The van der Waals surface area contributed by atoms with Crippen molar-refractivity contribution >= 4 is 64.5 Å². The van der Waals surface area contributed by atoms with E-state index in [1.807, 2.05) is 29.5 Å². The smallest absolute Gasteiger partial charge is 0.164 e. The molecule has 2 aliphatic carbocycles. The van der Waals surface area contributed by atoms with Gasteiger partial charge in [0, 0.05) is 47.6 Å². The molecule has 0 aliphatic heterocycles. The van der Waals surface area contributed by atoms with Crippen LogP contribution in [-0.4, -0.2) is 19.5 Å². The number of hydrogen-bond acceptors (Lipinski definition) is 4. The zero-order valence-electron chi connectivity index (χ0n) is 29.5. The Bertz CT molecular complexity index is 3000. The molecule has 11 rings (SSSR count). The lowest BCUT2D eigenvalue weighted by Gasteiger charge is -2.22. The Kier molecular flexibility index (Phi) is 7.27. The van der Waals surface area contributed by atoms with Crippen LogP contribution in [0.15, 0.2) is 158 Å². The Morgan fingerprint density at radius 3 is 2.02 bits per heavy atom. The summed E-state index contributed by atoms with van der Waals surface area (Å²) >= 11 is 1.88. The van der Waals surface area contributed by atoms with Gasteiger partial charge in [0.1, 0.15) is 0 Å². The van der Waals surface area contributed by atoms with Gasteiger partial charge in [-0.3, -0.25) is 0 Å². The van der Waals surface area contributed by atoms with Crippen molar-refractivity contribution in [1.82, 2.24) is 19.5 Å². The number of thiophene rings is 1. The van der Waals surface area contributed by atoms with Crippen LogP contribution in [0.1, 0.15) is 41.8 Å². The summed E-state index contributed by atoms with van der Waals surface area (Å²) in [4.78, 5) is 15.3. The molecule has 0 unspecified atom stereocenters. The number of para-hydroxylation sites is 2. The van der Waals surface area contributed by atoms with E-state index < -0.39 is 0 Å². The van der Waals surface area contributed by atoms with Crippen LogP contribution in [-0.2, 0) is 6.42 Å². The molecule has 5 heteroatoms. The van der Waals surface area contributed by atoms with Crippen molar-refractivity contribution in [1.29, 1.82) is 0 Å². The van der Waals surface area contributed by atoms with Crippen LogP contribution < -0.4 is 0 Å². The Balaban J connectivity index is 1.13. The predicted molar refractivity (Wildman–Crippen MR) is 226 cm³/mol. The summed E-state index contributed by atoms with van der Waals surface area (Å²) in [6.45, 7) is 0. The number of fused-ring (bicyclic) bond motifs is 7. The summed E-state index contributed by atoms with van der Waals surface area (Å²) in [5.74, 6) is 2.15. The van der Waals surface area contributed by atoms with Gasteiger partial charge in [-0.2, -0.15) is 0 Å². The Labute approximate surface area is 317 Å². The third-order valence-corrected chi connectivity index (χ3v) is 12.1. The highest BCUT2D eigenvalue weighted by atomic mass is 32.1. The van der Waals surface area contributed by atoms with E-state index >= 15 is 0 Å². The van der Waals surface area contributed by atoms with Gasteiger partial charge >= 0.3 is 0 Å².